The molecule has 0 aliphatic heterocycles. The zero-order chi connectivity index (χ0) is 19.4. The Labute approximate surface area is 162 Å². The highest BCUT2D eigenvalue weighted by Crippen LogP contribution is 2.38. The first-order valence-electron chi connectivity index (χ1n) is 8.30. The highest BCUT2D eigenvalue weighted by Gasteiger charge is 2.14. The monoisotopic (exact) mass is 378 g/mol. The fraction of sp³-hybridized carbons (Fsp3) is 0.0909. The molecule has 0 saturated carbocycles. The minimum absolute atomic E-state index is 0.118. The molecular weight excluding hydrogens is 362 g/mol. The van der Waals surface area contributed by atoms with Crippen molar-refractivity contribution < 1.29 is 14.6 Å². The van der Waals surface area contributed by atoms with Crippen molar-refractivity contribution in [2.75, 3.05) is 6.61 Å². The van der Waals surface area contributed by atoms with Crippen LogP contribution in [0, 0.1) is 0 Å². The molecule has 0 amide bonds. The fourth-order valence-electron chi connectivity index (χ4n) is 2.68. The molecule has 136 valence electrons. The van der Waals surface area contributed by atoms with Crippen molar-refractivity contribution in [3.8, 4) is 28.1 Å². The van der Waals surface area contributed by atoms with Crippen molar-refractivity contribution in [2.24, 2.45) is 0 Å². The summed E-state index contributed by atoms with van der Waals surface area (Å²) in [6.07, 6.45) is 0. The van der Waals surface area contributed by atoms with Gasteiger partial charge < -0.3 is 14.6 Å². The zero-order valence-corrected chi connectivity index (χ0v) is 15.5. The van der Waals surface area contributed by atoms with E-state index in [2.05, 4.69) is 11.6 Å². The summed E-state index contributed by atoms with van der Waals surface area (Å²) in [4.78, 5) is 15.4. The molecule has 0 atom stereocenters. The smallest absolute Gasteiger partial charge is 0.127 e. The van der Waals surface area contributed by atoms with Gasteiger partial charge in [0.05, 0.1) is 17.4 Å². The Hall–Kier alpha value is -3.11. The van der Waals surface area contributed by atoms with Crippen LogP contribution in [0.15, 0.2) is 72.8 Å². The minimum atomic E-state index is -1.32. The van der Waals surface area contributed by atoms with Gasteiger partial charge in [0, 0.05) is 16.1 Å². The van der Waals surface area contributed by atoms with Gasteiger partial charge in [-0.25, -0.2) is 4.98 Å². The van der Waals surface area contributed by atoms with Crippen molar-refractivity contribution >= 4 is 17.6 Å². The van der Waals surface area contributed by atoms with Crippen LogP contribution in [-0.4, -0.2) is 17.6 Å². The molecule has 0 fully saturated rings. The lowest BCUT2D eigenvalue weighted by Crippen LogP contribution is -2.23. The number of carbonyl (C=O) groups is 1. The van der Waals surface area contributed by atoms with E-state index >= 15 is 0 Å². The number of aromatic nitrogens is 1. The molecule has 0 unspecified atom stereocenters. The number of nitrogens with zero attached hydrogens (tertiary/aromatic N) is 1. The maximum Gasteiger partial charge on any atom is 0.127 e. The number of hydrogen-bond donors (Lipinski definition) is 0. The van der Waals surface area contributed by atoms with E-state index in [4.69, 9.17) is 16.3 Å². The normalized spacial score (nSPS) is 10.4. The number of ether oxygens (including phenoxy) is 1. The molecular formula is C22H17ClNO3-. The van der Waals surface area contributed by atoms with Gasteiger partial charge in [-0.1, -0.05) is 48.5 Å². The molecule has 0 saturated heterocycles. The summed E-state index contributed by atoms with van der Waals surface area (Å²) >= 11 is 6.22. The quantitative estimate of drug-likeness (QED) is 0.597. The lowest BCUT2D eigenvalue weighted by molar-refractivity contribution is -0.255. The summed E-state index contributed by atoms with van der Waals surface area (Å²) in [5.74, 6) is -0.659. The van der Waals surface area contributed by atoms with Crippen LogP contribution in [0.5, 0.6) is 5.75 Å². The largest absolute Gasteiger partial charge is 0.543 e. The molecule has 5 heteroatoms. The van der Waals surface area contributed by atoms with Crippen LogP contribution in [0.3, 0.4) is 0 Å². The molecule has 3 aromatic rings. The molecule has 0 spiro atoms. The second-order valence-electron chi connectivity index (χ2n) is 6.13. The van der Waals surface area contributed by atoms with Gasteiger partial charge in [-0.3, -0.25) is 0 Å². The molecule has 0 N–H and O–H groups in total. The van der Waals surface area contributed by atoms with Crippen LogP contribution in [0.1, 0.15) is 17.4 Å². The predicted molar refractivity (Wildman–Crippen MR) is 105 cm³/mol. The van der Waals surface area contributed by atoms with Crippen molar-refractivity contribution in [2.45, 2.75) is 6.92 Å². The molecule has 1 aromatic heterocycles. The molecule has 27 heavy (non-hydrogen) atoms. The third kappa shape index (κ3) is 4.36. The summed E-state index contributed by atoms with van der Waals surface area (Å²) in [7, 11) is 0. The Bertz CT molecular complexity index is 1010. The van der Waals surface area contributed by atoms with Crippen LogP contribution in [0.25, 0.3) is 22.4 Å². The number of pyridine rings is 1. The van der Waals surface area contributed by atoms with Gasteiger partial charge in [0.15, 0.2) is 0 Å². The summed E-state index contributed by atoms with van der Waals surface area (Å²) in [5, 5.41) is 11.7. The van der Waals surface area contributed by atoms with Crippen molar-refractivity contribution in [3.63, 3.8) is 0 Å². The molecule has 2 aromatic carbocycles. The number of carboxylic acids is 1. The number of hydrogen-bond acceptors (Lipinski definition) is 4. The van der Waals surface area contributed by atoms with E-state index in [-0.39, 0.29) is 5.69 Å². The first-order valence-corrected chi connectivity index (χ1v) is 8.68. The Morgan fingerprint density at radius 1 is 1.07 bits per heavy atom. The van der Waals surface area contributed by atoms with E-state index < -0.39 is 5.97 Å². The highest BCUT2D eigenvalue weighted by molar-refractivity contribution is 6.31. The second kappa shape index (κ2) is 8.06. The average molecular weight is 379 g/mol. The summed E-state index contributed by atoms with van der Waals surface area (Å²) in [6, 6.07) is 17.7. The maximum atomic E-state index is 11.2. The van der Waals surface area contributed by atoms with Crippen LogP contribution >= 0.6 is 11.6 Å². The van der Waals surface area contributed by atoms with Gasteiger partial charge in [0.2, 0.25) is 0 Å². The maximum absolute atomic E-state index is 11.2. The van der Waals surface area contributed by atoms with Gasteiger partial charge in [-0.05, 0) is 48.4 Å². The Kier molecular flexibility index (Phi) is 5.57. The highest BCUT2D eigenvalue weighted by atomic mass is 35.5. The summed E-state index contributed by atoms with van der Waals surface area (Å²) < 4.78 is 5.88. The van der Waals surface area contributed by atoms with Crippen LogP contribution in [0.4, 0.5) is 0 Å². The summed E-state index contributed by atoms with van der Waals surface area (Å²) in [6.45, 7) is 6.13. The topological polar surface area (TPSA) is 62.2 Å². The van der Waals surface area contributed by atoms with Crippen molar-refractivity contribution in [1.82, 2.24) is 4.98 Å². The van der Waals surface area contributed by atoms with Crippen LogP contribution in [0.2, 0.25) is 5.02 Å². The van der Waals surface area contributed by atoms with E-state index in [0.717, 1.165) is 22.3 Å². The fourth-order valence-corrected chi connectivity index (χ4v) is 2.85. The molecule has 0 aliphatic carbocycles. The number of aromatic carboxylic acids is 1. The van der Waals surface area contributed by atoms with Crippen molar-refractivity contribution in [3.05, 3.63) is 83.5 Å². The summed E-state index contributed by atoms with van der Waals surface area (Å²) in [5.41, 5.74) is 3.69. The molecule has 3 rings (SSSR count). The molecule has 1 heterocycles. The van der Waals surface area contributed by atoms with Crippen LogP contribution in [-0.2, 0) is 0 Å². The van der Waals surface area contributed by atoms with E-state index in [9.17, 15) is 9.90 Å². The number of benzene rings is 2. The predicted octanol–water partition coefficient (Wildman–Crippen LogP) is 4.39. The van der Waals surface area contributed by atoms with Gasteiger partial charge in [0.1, 0.15) is 12.4 Å². The van der Waals surface area contributed by atoms with Gasteiger partial charge >= 0.3 is 0 Å². The number of carboxylic acid groups (broad SMARTS) is 1. The van der Waals surface area contributed by atoms with Gasteiger partial charge in [-0.15, -0.1) is 0 Å². The Morgan fingerprint density at radius 2 is 1.81 bits per heavy atom. The Morgan fingerprint density at radius 3 is 2.52 bits per heavy atom. The number of rotatable bonds is 6. The van der Waals surface area contributed by atoms with E-state index in [1.54, 1.807) is 18.2 Å². The standard InChI is InChI=1S/C22H18ClNO3/c1-14(2)13-27-21-11-10-15(23)12-18(21)16-6-3-4-7-17(16)19-8-5-9-20(24-19)22(25)26/h3-12H,1,13H2,2H3,(H,25,26)/p-1. The molecule has 4 nitrogen and oxygen atoms in total. The SMILES string of the molecule is C=C(C)COc1ccc(Cl)cc1-c1ccccc1-c1cccc(C(=O)[O-])n1. The molecule has 0 radical (unpaired) electrons. The number of halogens is 1. The molecule has 0 bridgehead atoms. The first-order chi connectivity index (χ1) is 13.0. The average Bonchev–Trinajstić information content (AvgIpc) is 2.67. The third-order valence-corrected chi connectivity index (χ3v) is 4.10. The minimum Gasteiger partial charge on any atom is -0.543 e. The van der Waals surface area contributed by atoms with E-state index in [1.807, 2.05) is 43.3 Å². The Balaban J connectivity index is 2.14. The lowest BCUT2D eigenvalue weighted by Gasteiger charge is -2.15. The van der Waals surface area contributed by atoms with Crippen LogP contribution < -0.4 is 9.84 Å². The second-order valence-corrected chi connectivity index (χ2v) is 6.56. The zero-order valence-electron chi connectivity index (χ0n) is 14.7. The first kappa shape index (κ1) is 18.7. The number of carbonyl (C=O) groups excluding carboxylic acids is 1. The third-order valence-electron chi connectivity index (χ3n) is 3.87. The molecule has 0 aliphatic rings. The van der Waals surface area contributed by atoms with Crippen molar-refractivity contribution in [1.29, 1.82) is 0 Å². The van der Waals surface area contributed by atoms with E-state index in [1.165, 1.54) is 6.07 Å². The van der Waals surface area contributed by atoms with Gasteiger partial charge in [-0.2, -0.15) is 0 Å². The van der Waals surface area contributed by atoms with Gasteiger partial charge in [0.25, 0.3) is 0 Å². The van der Waals surface area contributed by atoms with E-state index in [0.29, 0.717) is 23.1 Å². The lowest BCUT2D eigenvalue weighted by atomic mass is 9.96.